The molecule has 1 unspecified atom stereocenters. The molecule has 2 rings (SSSR count). The van der Waals surface area contributed by atoms with Crippen molar-refractivity contribution in [1.29, 1.82) is 0 Å². The molecule has 4 heteroatoms. The third kappa shape index (κ3) is 2.03. The van der Waals surface area contributed by atoms with Crippen molar-refractivity contribution < 1.29 is 14.6 Å². The van der Waals surface area contributed by atoms with Crippen molar-refractivity contribution in [3.63, 3.8) is 0 Å². The number of halogens is 1. The van der Waals surface area contributed by atoms with E-state index >= 15 is 0 Å². The SMILES string of the molecule is COc1cc(Cl)cc2c1OCC(CO)C2. The Balaban J connectivity index is 2.38. The number of ether oxygens (including phenoxy) is 2. The molecule has 0 aromatic heterocycles. The zero-order chi connectivity index (χ0) is 10.8. The standard InChI is InChI=1S/C11H13ClO3/c1-14-10-4-9(12)3-8-2-7(5-13)6-15-11(8)10/h3-4,7,13H,2,5-6H2,1H3. The van der Waals surface area contributed by atoms with Crippen molar-refractivity contribution in [3.05, 3.63) is 22.7 Å². The van der Waals surface area contributed by atoms with Crippen LogP contribution in [0.3, 0.4) is 0 Å². The fourth-order valence-electron chi connectivity index (χ4n) is 1.78. The van der Waals surface area contributed by atoms with Crippen LogP contribution in [-0.2, 0) is 6.42 Å². The van der Waals surface area contributed by atoms with Crippen molar-refractivity contribution in [2.45, 2.75) is 6.42 Å². The quantitative estimate of drug-likeness (QED) is 0.840. The van der Waals surface area contributed by atoms with Gasteiger partial charge in [0, 0.05) is 23.6 Å². The Labute approximate surface area is 93.6 Å². The van der Waals surface area contributed by atoms with Gasteiger partial charge in [-0.3, -0.25) is 0 Å². The topological polar surface area (TPSA) is 38.7 Å². The minimum absolute atomic E-state index is 0.133. The lowest BCUT2D eigenvalue weighted by Gasteiger charge is -2.25. The fourth-order valence-corrected chi connectivity index (χ4v) is 2.01. The first-order valence-corrected chi connectivity index (χ1v) is 5.22. The molecular formula is C11H13ClO3. The smallest absolute Gasteiger partial charge is 0.164 e. The van der Waals surface area contributed by atoms with E-state index in [0.29, 0.717) is 17.4 Å². The van der Waals surface area contributed by atoms with Crippen molar-refractivity contribution >= 4 is 11.6 Å². The van der Waals surface area contributed by atoms with Gasteiger partial charge in [-0.1, -0.05) is 11.6 Å². The Hall–Kier alpha value is -0.930. The van der Waals surface area contributed by atoms with Gasteiger partial charge in [-0.05, 0) is 18.1 Å². The van der Waals surface area contributed by atoms with Gasteiger partial charge >= 0.3 is 0 Å². The summed E-state index contributed by atoms with van der Waals surface area (Å²) in [5, 5.41) is 9.70. The second-order valence-corrected chi connectivity index (χ2v) is 4.10. The first-order chi connectivity index (χ1) is 7.24. The van der Waals surface area contributed by atoms with Gasteiger partial charge in [0.25, 0.3) is 0 Å². The summed E-state index contributed by atoms with van der Waals surface area (Å²) >= 11 is 5.95. The highest BCUT2D eigenvalue weighted by atomic mass is 35.5. The summed E-state index contributed by atoms with van der Waals surface area (Å²) in [4.78, 5) is 0. The number of aliphatic hydroxyl groups excluding tert-OH is 1. The molecule has 15 heavy (non-hydrogen) atoms. The van der Waals surface area contributed by atoms with E-state index in [1.807, 2.05) is 6.07 Å². The molecule has 0 bridgehead atoms. The zero-order valence-electron chi connectivity index (χ0n) is 8.50. The molecule has 1 heterocycles. The molecule has 0 saturated heterocycles. The summed E-state index contributed by atoms with van der Waals surface area (Å²) in [6.07, 6.45) is 0.781. The molecule has 3 nitrogen and oxygen atoms in total. The molecule has 0 spiro atoms. The van der Waals surface area contributed by atoms with Crippen LogP contribution < -0.4 is 9.47 Å². The molecule has 1 atom stereocenters. The normalized spacial score (nSPS) is 19.3. The van der Waals surface area contributed by atoms with E-state index in [9.17, 15) is 0 Å². The van der Waals surface area contributed by atoms with Gasteiger partial charge < -0.3 is 14.6 Å². The Morgan fingerprint density at radius 3 is 3.07 bits per heavy atom. The van der Waals surface area contributed by atoms with E-state index < -0.39 is 0 Å². The first kappa shape index (κ1) is 10.6. The summed E-state index contributed by atoms with van der Waals surface area (Å²) in [6.45, 7) is 0.662. The van der Waals surface area contributed by atoms with Crippen LogP contribution in [0.2, 0.25) is 5.02 Å². The van der Waals surface area contributed by atoms with E-state index in [0.717, 1.165) is 17.7 Å². The van der Waals surface area contributed by atoms with Gasteiger partial charge in [0.2, 0.25) is 0 Å². The molecule has 0 radical (unpaired) electrons. The second kappa shape index (κ2) is 4.29. The van der Waals surface area contributed by atoms with E-state index in [2.05, 4.69) is 0 Å². The second-order valence-electron chi connectivity index (χ2n) is 3.66. The monoisotopic (exact) mass is 228 g/mol. The lowest BCUT2D eigenvalue weighted by Crippen LogP contribution is -2.24. The summed E-state index contributed by atoms with van der Waals surface area (Å²) in [7, 11) is 1.59. The van der Waals surface area contributed by atoms with Gasteiger partial charge in [0.1, 0.15) is 0 Å². The Kier molecular flexibility index (Phi) is 3.03. The number of benzene rings is 1. The predicted octanol–water partition coefficient (Wildman–Crippen LogP) is 1.89. The lowest BCUT2D eigenvalue weighted by molar-refractivity contribution is 0.143. The third-order valence-corrected chi connectivity index (χ3v) is 2.76. The number of fused-ring (bicyclic) bond motifs is 1. The fraction of sp³-hybridized carbons (Fsp3) is 0.455. The number of methoxy groups -OCH3 is 1. The molecule has 0 fully saturated rings. The van der Waals surface area contributed by atoms with Crippen LogP contribution in [0.25, 0.3) is 0 Å². The molecule has 1 aromatic rings. The van der Waals surface area contributed by atoms with Crippen molar-refractivity contribution in [2.75, 3.05) is 20.3 Å². The molecule has 0 amide bonds. The molecule has 1 N–H and O–H groups in total. The maximum atomic E-state index is 9.07. The predicted molar refractivity (Wildman–Crippen MR) is 57.8 cm³/mol. The van der Waals surface area contributed by atoms with Crippen LogP contribution >= 0.6 is 11.6 Å². The van der Waals surface area contributed by atoms with E-state index in [-0.39, 0.29) is 12.5 Å². The molecule has 1 aliphatic rings. The maximum Gasteiger partial charge on any atom is 0.164 e. The highest BCUT2D eigenvalue weighted by Gasteiger charge is 2.22. The Morgan fingerprint density at radius 1 is 1.60 bits per heavy atom. The van der Waals surface area contributed by atoms with Crippen LogP contribution in [0.4, 0.5) is 0 Å². The van der Waals surface area contributed by atoms with Gasteiger partial charge in [-0.25, -0.2) is 0 Å². The summed E-state index contributed by atoms with van der Waals surface area (Å²) in [5.41, 5.74) is 1.00. The minimum Gasteiger partial charge on any atom is -0.493 e. The lowest BCUT2D eigenvalue weighted by atomic mass is 9.97. The van der Waals surface area contributed by atoms with Gasteiger partial charge in [-0.2, -0.15) is 0 Å². The van der Waals surface area contributed by atoms with E-state index in [4.69, 9.17) is 26.2 Å². The molecule has 0 aliphatic carbocycles. The molecule has 82 valence electrons. The van der Waals surface area contributed by atoms with Crippen LogP contribution in [0.15, 0.2) is 12.1 Å². The van der Waals surface area contributed by atoms with E-state index in [1.54, 1.807) is 13.2 Å². The first-order valence-electron chi connectivity index (χ1n) is 4.84. The van der Waals surface area contributed by atoms with Gasteiger partial charge in [-0.15, -0.1) is 0 Å². The molecule has 1 aromatic carbocycles. The third-order valence-electron chi connectivity index (χ3n) is 2.55. The Morgan fingerprint density at radius 2 is 2.40 bits per heavy atom. The number of hydrogen-bond donors (Lipinski definition) is 1. The highest BCUT2D eigenvalue weighted by Crippen LogP contribution is 2.38. The van der Waals surface area contributed by atoms with Crippen LogP contribution in [-0.4, -0.2) is 25.4 Å². The minimum atomic E-state index is 0.133. The highest BCUT2D eigenvalue weighted by molar-refractivity contribution is 6.30. The Bertz CT molecular complexity index is 365. The van der Waals surface area contributed by atoms with Crippen LogP contribution in [0.1, 0.15) is 5.56 Å². The summed E-state index contributed by atoms with van der Waals surface area (Å²) in [6, 6.07) is 3.60. The number of hydrogen-bond acceptors (Lipinski definition) is 3. The summed E-state index contributed by atoms with van der Waals surface area (Å²) in [5.74, 6) is 1.57. The molecule has 1 aliphatic heterocycles. The van der Waals surface area contributed by atoms with Gasteiger partial charge in [0.05, 0.1) is 13.7 Å². The molecule has 0 saturated carbocycles. The molecular weight excluding hydrogens is 216 g/mol. The largest absolute Gasteiger partial charge is 0.493 e. The van der Waals surface area contributed by atoms with Crippen molar-refractivity contribution in [2.24, 2.45) is 5.92 Å². The van der Waals surface area contributed by atoms with Crippen molar-refractivity contribution in [3.8, 4) is 11.5 Å². The average molecular weight is 229 g/mol. The average Bonchev–Trinajstić information content (AvgIpc) is 2.26. The van der Waals surface area contributed by atoms with E-state index in [1.165, 1.54) is 0 Å². The summed E-state index contributed by atoms with van der Waals surface area (Å²) < 4.78 is 10.8. The number of rotatable bonds is 2. The number of aliphatic hydroxyl groups is 1. The van der Waals surface area contributed by atoms with Crippen LogP contribution in [0.5, 0.6) is 11.5 Å². The van der Waals surface area contributed by atoms with Gasteiger partial charge in [0.15, 0.2) is 11.5 Å². The maximum absolute atomic E-state index is 9.07. The zero-order valence-corrected chi connectivity index (χ0v) is 9.25. The van der Waals surface area contributed by atoms with Crippen LogP contribution in [0, 0.1) is 5.92 Å². The van der Waals surface area contributed by atoms with Crippen molar-refractivity contribution in [1.82, 2.24) is 0 Å².